The maximum atomic E-state index is 10.5. The monoisotopic (exact) mass is 288 g/mol. The van der Waals surface area contributed by atoms with Gasteiger partial charge in [0.25, 0.3) is 5.69 Å². The Hall–Kier alpha value is -2.34. The molecule has 0 atom stereocenters. The number of ether oxygens (including phenoxy) is 1. The molecule has 0 aliphatic heterocycles. The topological polar surface area (TPSA) is 64.7 Å². The molecular weight excluding hydrogens is 276 g/mol. The maximum Gasteiger partial charge on any atom is 0.269 e. The second kappa shape index (κ2) is 6.72. The molecule has 0 heterocycles. The van der Waals surface area contributed by atoms with E-state index in [-0.39, 0.29) is 5.69 Å². The van der Waals surface area contributed by atoms with E-state index in [1.165, 1.54) is 24.1 Å². The van der Waals surface area contributed by atoms with Gasteiger partial charge in [-0.15, -0.1) is 0 Å². The van der Waals surface area contributed by atoms with Gasteiger partial charge in [-0.3, -0.25) is 10.1 Å². The zero-order valence-corrected chi connectivity index (χ0v) is 11.5. The standard InChI is InChI=1S/C14H12N2O3S/c1-19-13-6-2-11(3-7-13)10-15-20-14-8-4-12(5-9-14)16(17)18/h2-10H,1H3. The molecule has 0 spiro atoms. The Bertz CT molecular complexity index is 609. The van der Waals surface area contributed by atoms with Gasteiger partial charge in [0, 0.05) is 35.2 Å². The van der Waals surface area contributed by atoms with Crippen molar-refractivity contribution in [2.75, 3.05) is 7.11 Å². The van der Waals surface area contributed by atoms with Crippen LogP contribution in [0.1, 0.15) is 5.56 Å². The highest BCUT2D eigenvalue weighted by atomic mass is 32.2. The van der Waals surface area contributed by atoms with Crippen molar-refractivity contribution in [1.29, 1.82) is 0 Å². The van der Waals surface area contributed by atoms with Crippen LogP contribution in [0.25, 0.3) is 0 Å². The van der Waals surface area contributed by atoms with E-state index in [0.717, 1.165) is 16.2 Å². The molecule has 0 bridgehead atoms. The van der Waals surface area contributed by atoms with Gasteiger partial charge >= 0.3 is 0 Å². The fourth-order valence-electron chi connectivity index (χ4n) is 1.47. The van der Waals surface area contributed by atoms with E-state index in [1.54, 1.807) is 25.5 Å². The van der Waals surface area contributed by atoms with Crippen LogP contribution in [-0.2, 0) is 0 Å². The second-order valence-electron chi connectivity index (χ2n) is 3.85. The summed E-state index contributed by atoms with van der Waals surface area (Å²) in [7, 11) is 1.62. The van der Waals surface area contributed by atoms with Crippen LogP contribution in [-0.4, -0.2) is 18.2 Å². The predicted octanol–water partition coefficient (Wildman–Crippen LogP) is 3.73. The summed E-state index contributed by atoms with van der Waals surface area (Å²) in [6.07, 6.45) is 1.73. The molecule has 20 heavy (non-hydrogen) atoms. The van der Waals surface area contributed by atoms with Crippen molar-refractivity contribution in [2.24, 2.45) is 4.40 Å². The molecular formula is C14H12N2O3S. The molecule has 0 unspecified atom stereocenters. The van der Waals surface area contributed by atoms with Crippen molar-refractivity contribution >= 4 is 23.8 Å². The Morgan fingerprint density at radius 3 is 2.35 bits per heavy atom. The van der Waals surface area contributed by atoms with Crippen molar-refractivity contribution in [1.82, 2.24) is 0 Å². The Kier molecular flexibility index (Phi) is 4.73. The van der Waals surface area contributed by atoms with Crippen LogP contribution >= 0.6 is 11.9 Å². The van der Waals surface area contributed by atoms with Gasteiger partial charge in [-0.05, 0) is 42.0 Å². The molecule has 0 radical (unpaired) electrons. The summed E-state index contributed by atoms with van der Waals surface area (Å²) in [4.78, 5) is 10.9. The van der Waals surface area contributed by atoms with Gasteiger partial charge in [0.1, 0.15) is 5.75 Å². The minimum atomic E-state index is -0.422. The van der Waals surface area contributed by atoms with Crippen LogP contribution in [0.2, 0.25) is 0 Å². The summed E-state index contributed by atoms with van der Waals surface area (Å²) >= 11 is 1.26. The van der Waals surface area contributed by atoms with Crippen molar-refractivity contribution in [3.8, 4) is 5.75 Å². The summed E-state index contributed by atoms with van der Waals surface area (Å²) < 4.78 is 9.29. The van der Waals surface area contributed by atoms with Gasteiger partial charge < -0.3 is 4.74 Å². The van der Waals surface area contributed by atoms with Crippen LogP contribution in [0.15, 0.2) is 57.8 Å². The third-order valence-corrected chi connectivity index (χ3v) is 3.22. The highest BCUT2D eigenvalue weighted by Crippen LogP contribution is 2.22. The quantitative estimate of drug-likeness (QED) is 0.364. The molecule has 0 aromatic heterocycles. The predicted molar refractivity (Wildman–Crippen MR) is 79.5 cm³/mol. The largest absolute Gasteiger partial charge is 0.497 e. The zero-order valence-electron chi connectivity index (χ0n) is 10.7. The molecule has 0 amide bonds. The minimum absolute atomic E-state index is 0.0773. The van der Waals surface area contributed by atoms with Gasteiger partial charge in [-0.25, -0.2) is 4.40 Å². The van der Waals surface area contributed by atoms with Crippen LogP contribution in [0, 0.1) is 10.1 Å². The van der Waals surface area contributed by atoms with Crippen molar-refractivity contribution in [3.63, 3.8) is 0 Å². The van der Waals surface area contributed by atoms with Crippen LogP contribution in [0.3, 0.4) is 0 Å². The fraction of sp³-hybridized carbons (Fsp3) is 0.0714. The van der Waals surface area contributed by atoms with Crippen LogP contribution < -0.4 is 4.74 Å². The lowest BCUT2D eigenvalue weighted by molar-refractivity contribution is -0.384. The smallest absolute Gasteiger partial charge is 0.269 e. The average molecular weight is 288 g/mol. The Balaban J connectivity index is 1.96. The first-order valence-electron chi connectivity index (χ1n) is 5.78. The van der Waals surface area contributed by atoms with E-state index in [1.807, 2.05) is 24.3 Å². The number of rotatable bonds is 5. The molecule has 102 valence electrons. The molecule has 0 aliphatic carbocycles. The summed E-state index contributed by atoms with van der Waals surface area (Å²) in [5.41, 5.74) is 1.04. The molecule has 6 heteroatoms. The number of nitro benzene ring substituents is 1. The third kappa shape index (κ3) is 3.83. The van der Waals surface area contributed by atoms with E-state index >= 15 is 0 Å². The molecule has 0 saturated carbocycles. The van der Waals surface area contributed by atoms with Gasteiger partial charge in [-0.2, -0.15) is 0 Å². The fourth-order valence-corrected chi connectivity index (χ4v) is 2.02. The highest BCUT2D eigenvalue weighted by Gasteiger charge is 2.03. The van der Waals surface area contributed by atoms with Crippen molar-refractivity contribution < 1.29 is 9.66 Å². The highest BCUT2D eigenvalue weighted by molar-refractivity contribution is 7.98. The van der Waals surface area contributed by atoms with E-state index in [2.05, 4.69) is 4.40 Å². The summed E-state index contributed by atoms with van der Waals surface area (Å²) in [5.74, 6) is 0.796. The summed E-state index contributed by atoms with van der Waals surface area (Å²) in [6.45, 7) is 0. The van der Waals surface area contributed by atoms with Crippen molar-refractivity contribution in [2.45, 2.75) is 4.90 Å². The van der Waals surface area contributed by atoms with E-state index in [9.17, 15) is 10.1 Å². The summed E-state index contributed by atoms with van der Waals surface area (Å²) in [6, 6.07) is 13.8. The molecule has 0 fully saturated rings. The summed E-state index contributed by atoms with van der Waals surface area (Å²) in [5, 5.41) is 10.5. The lowest BCUT2D eigenvalue weighted by atomic mass is 10.2. The molecule has 5 nitrogen and oxygen atoms in total. The number of nitrogens with zero attached hydrogens (tertiary/aromatic N) is 2. The first kappa shape index (κ1) is 14.1. The van der Waals surface area contributed by atoms with Gasteiger partial charge in [0.05, 0.1) is 12.0 Å². The average Bonchev–Trinajstić information content (AvgIpc) is 2.48. The first-order chi connectivity index (χ1) is 9.69. The third-order valence-electron chi connectivity index (χ3n) is 2.52. The molecule has 0 saturated heterocycles. The second-order valence-corrected chi connectivity index (χ2v) is 4.71. The first-order valence-corrected chi connectivity index (χ1v) is 6.55. The van der Waals surface area contributed by atoms with Gasteiger partial charge in [0.15, 0.2) is 0 Å². The molecule has 2 aromatic rings. The number of nitro groups is 1. The molecule has 2 aromatic carbocycles. The lowest BCUT2D eigenvalue weighted by Gasteiger charge is -1.98. The Labute approximate surface area is 120 Å². The minimum Gasteiger partial charge on any atom is -0.497 e. The maximum absolute atomic E-state index is 10.5. The van der Waals surface area contributed by atoms with E-state index in [4.69, 9.17) is 4.74 Å². The number of hydrogen-bond acceptors (Lipinski definition) is 5. The van der Waals surface area contributed by atoms with E-state index < -0.39 is 4.92 Å². The molecule has 2 rings (SSSR count). The number of methoxy groups -OCH3 is 1. The van der Waals surface area contributed by atoms with Crippen LogP contribution in [0.4, 0.5) is 5.69 Å². The van der Waals surface area contributed by atoms with E-state index in [0.29, 0.717) is 0 Å². The number of non-ortho nitro benzene ring substituents is 1. The molecule has 0 aliphatic rings. The SMILES string of the molecule is COc1ccc(C=NSc2ccc([N+](=O)[O-])cc2)cc1. The number of benzene rings is 2. The molecule has 0 N–H and O–H groups in total. The Morgan fingerprint density at radius 1 is 1.15 bits per heavy atom. The van der Waals surface area contributed by atoms with Crippen LogP contribution in [0.5, 0.6) is 5.75 Å². The lowest BCUT2D eigenvalue weighted by Crippen LogP contribution is -1.86. The van der Waals surface area contributed by atoms with Gasteiger partial charge in [-0.1, -0.05) is 0 Å². The normalized spacial score (nSPS) is 10.7. The number of hydrogen-bond donors (Lipinski definition) is 0. The van der Waals surface area contributed by atoms with Crippen molar-refractivity contribution in [3.05, 3.63) is 64.2 Å². The zero-order chi connectivity index (χ0) is 14.4. The Morgan fingerprint density at radius 2 is 1.80 bits per heavy atom. The van der Waals surface area contributed by atoms with Gasteiger partial charge in [0.2, 0.25) is 0 Å².